The zero-order chi connectivity index (χ0) is 13.9. The highest BCUT2D eigenvalue weighted by Gasteiger charge is 2.26. The second-order valence-electron chi connectivity index (χ2n) is 4.63. The van der Waals surface area contributed by atoms with E-state index in [1.807, 2.05) is 0 Å². The molecule has 110 valence electrons. The lowest BCUT2D eigenvalue weighted by Gasteiger charge is -2.19. The van der Waals surface area contributed by atoms with Gasteiger partial charge in [0.05, 0.1) is 19.8 Å². The summed E-state index contributed by atoms with van der Waals surface area (Å²) in [6, 6.07) is 0. The van der Waals surface area contributed by atoms with E-state index in [0.717, 1.165) is 32.1 Å². The predicted molar refractivity (Wildman–Crippen MR) is 74.7 cm³/mol. The van der Waals surface area contributed by atoms with Crippen LogP contribution in [0.3, 0.4) is 0 Å². The minimum Gasteiger partial charge on any atom is -0.287 e. The average molecular weight is 280 g/mol. The summed E-state index contributed by atoms with van der Waals surface area (Å²) in [6.45, 7) is 9.54. The molecular formula is C13H29O4P. The predicted octanol–water partition coefficient (Wildman–Crippen LogP) is 4.79. The van der Waals surface area contributed by atoms with Gasteiger partial charge >= 0.3 is 7.82 Å². The number of hydrogen-bond acceptors (Lipinski definition) is 4. The summed E-state index contributed by atoms with van der Waals surface area (Å²) in [5, 5.41) is 0. The maximum Gasteiger partial charge on any atom is 0.474 e. The smallest absolute Gasteiger partial charge is 0.287 e. The van der Waals surface area contributed by atoms with Crippen molar-refractivity contribution in [3.8, 4) is 0 Å². The van der Waals surface area contributed by atoms with Crippen LogP contribution >= 0.6 is 7.82 Å². The maximum absolute atomic E-state index is 12.3. The van der Waals surface area contributed by atoms with Gasteiger partial charge in [-0.3, -0.25) is 13.6 Å². The minimum atomic E-state index is -3.35. The van der Waals surface area contributed by atoms with Gasteiger partial charge in [-0.05, 0) is 18.8 Å². The van der Waals surface area contributed by atoms with E-state index < -0.39 is 7.82 Å². The summed E-state index contributed by atoms with van der Waals surface area (Å²) in [6.07, 6.45) is 4.73. The summed E-state index contributed by atoms with van der Waals surface area (Å²) in [5.74, 6) is 0.364. The standard InChI is InChI=1S/C13H29O4P/c1-5-8-10-15-18(14,16-11-9-6-2)17-12-13(4)7-3/h13H,5-12H2,1-4H3. The van der Waals surface area contributed by atoms with Gasteiger partial charge in [0.15, 0.2) is 0 Å². The van der Waals surface area contributed by atoms with Gasteiger partial charge < -0.3 is 0 Å². The molecule has 0 amide bonds. The third kappa shape index (κ3) is 9.09. The van der Waals surface area contributed by atoms with Crippen LogP contribution in [0.5, 0.6) is 0 Å². The Morgan fingerprint density at radius 1 is 0.944 bits per heavy atom. The Morgan fingerprint density at radius 2 is 1.44 bits per heavy atom. The highest BCUT2D eigenvalue weighted by molar-refractivity contribution is 7.48. The molecule has 0 aromatic heterocycles. The fourth-order valence-electron chi connectivity index (χ4n) is 1.09. The van der Waals surface area contributed by atoms with Crippen molar-refractivity contribution in [2.24, 2.45) is 5.92 Å². The SMILES string of the molecule is CCCCOP(=O)(OCCCC)OCC(C)CC. The lowest BCUT2D eigenvalue weighted by atomic mass is 10.1. The van der Waals surface area contributed by atoms with Gasteiger partial charge in [0.1, 0.15) is 0 Å². The van der Waals surface area contributed by atoms with Gasteiger partial charge in [-0.25, -0.2) is 4.57 Å². The molecule has 0 fully saturated rings. The Morgan fingerprint density at radius 3 is 1.83 bits per heavy atom. The normalized spacial score (nSPS) is 13.8. The van der Waals surface area contributed by atoms with Crippen LogP contribution in [0.4, 0.5) is 0 Å². The Balaban J connectivity index is 4.16. The number of phosphoric ester groups is 1. The van der Waals surface area contributed by atoms with E-state index in [4.69, 9.17) is 13.6 Å². The van der Waals surface area contributed by atoms with Gasteiger partial charge in [-0.1, -0.05) is 47.0 Å². The third-order valence-corrected chi connectivity index (χ3v) is 4.17. The van der Waals surface area contributed by atoms with Gasteiger partial charge in [0, 0.05) is 0 Å². The van der Waals surface area contributed by atoms with E-state index in [1.165, 1.54) is 0 Å². The van der Waals surface area contributed by atoms with Gasteiger partial charge in [-0.2, -0.15) is 0 Å². The number of unbranched alkanes of at least 4 members (excludes halogenated alkanes) is 2. The fraction of sp³-hybridized carbons (Fsp3) is 1.00. The molecule has 0 aliphatic carbocycles. The molecular weight excluding hydrogens is 251 g/mol. The van der Waals surface area contributed by atoms with Gasteiger partial charge in [0.2, 0.25) is 0 Å². The number of hydrogen-bond donors (Lipinski definition) is 0. The fourth-order valence-corrected chi connectivity index (χ4v) is 2.46. The van der Waals surface area contributed by atoms with Crippen LogP contribution in [0, 0.1) is 5.92 Å². The second-order valence-corrected chi connectivity index (χ2v) is 6.30. The molecule has 0 bridgehead atoms. The molecule has 0 N–H and O–H groups in total. The summed E-state index contributed by atoms with van der Waals surface area (Å²) >= 11 is 0. The monoisotopic (exact) mass is 280 g/mol. The molecule has 0 saturated heterocycles. The van der Waals surface area contributed by atoms with Crippen molar-refractivity contribution in [2.45, 2.75) is 59.8 Å². The van der Waals surface area contributed by atoms with E-state index >= 15 is 0 Å². The largest absolute Gasteiger partial charge is 0.474 e. The number of phosphoric acid groups is 1. The summed E-state index contributed by atoms with van der Waals surface area (Å²) in [5.41, 5.74) is 0. The Labute approximate surface area is 112 Å². The van der Waals surface area contributed by atoms with E-state index in [1.54, 1.807) is 0 Å². The van der Waals surface area contributed by atoms with E-state index in [-0.39, 0.29) is 0 Å². The van der Waals surface area contributed by atoms with Crippen LogP contribution in [-0.2, 0) is 18.1 Å². The van der Waals surface area contributed by atoms with Gasteiger partial charge in [0.25, 0.3) is 0 Å². The highest BCUT2D eigenvalue weighted by Crippen LogP contribution is 2.50. The Hall–Kier alpha value is 0.110. The third-order valence-electron chi connectivity index (χ3n) is 2.71. The van der Waals surface area contributed by atoms with Crippen LogP contribution in [0.25, 0.3) is 0 Å². The van der Waals surface area contributed by atoms with Crippen LogP contribution in [0.2, 0.25) is 0 Å². The van der Waals surface area contributed by atoms with Crippen molar-refractivity contribution < 1.29 is 18.1 Å². The molecule has 0 aliphatic heterocycles. The topological polar surface area (TPSA) is 44.8 Å². The highest BCUT2D eigenvalue weighted by atomic mass is 31.2. The zero-order valence-electron chi connectivity index (χ0n) is 12.3. The molecule has 0 aromatic rings. The van der Waals surface area contributed by atoms with E-state index in [9.17, 15) is 4.57 Å². The molecule has 0 aliphatic rings. The molecule has 0 radical (unpaired) electrons. The van der Waals surface area contributed by atoms with Crippen molar-refractivity contribution in [3.05, 3.63) is 0 Å². The molecule has 0 aromatic carbocycles. The Kier molecular flexibility index (Phi) is 11.0. The summed E-state index contributed by atoms with van der Waals surface area (Å²) in [4.78, 5) is 0. The summed E-state index contributed by atoms with van der Waals surface area (Å²) in [7, 11) is -3.35. The quantitative estimate of drug-likeness (QED) is 0.381. The molecule has 5 heteroatoms. The molecule has 0 saturated carbocycles. The molecule has 0 rings (SSSR count). The lowest BCUT2D eigenvalue weighted by molar-refractivity contribution is 0.0994. The molecule has 0 heterocycles. The van der Waals surface area contributed by atoms with Crippen molar-refractivity contribution in [2.75, 3.05) is 19.8 Å². The van der Waals surface area contributed by atoms with Crippen molar-refractivity contribution in [1.29, 1.82) is 0 Å². The van der Waals surface area contributed by atoms with Crippen molar-refractivity contribution in [1.82, 2.24) is 0 Å². The summed E-state index contributed by atoms with van der Waals surface area (Å²) < 4.78 is 28.3. The minimum absolute atomic E-state index is 0.364. The molecule has 0 spiro atoms. The Bertz CT molecular complexity index is 219. The first kappa shape index (κ1) is 18.1. The molecule has 1 unspecified atom stereocenters. The van der Waals surface area contributed by atoms with Crippen LogP contribution in [0.1, 0.15) is 59.8 Å². The second kappa shape index (κ2) is 11.0. The lowest BCUT2D eigenvalue weighted by Crippen LogP contribution is -2.08. The number of rotatable bonds is 12. The first-order chi connectivity index (χ1) is 8.58. The zero-order valence-corrected chi connectivity index (χ0v) is 13.2. The van der Waals surface area contributed by atoms with Crippen molar-refractivity contribution >= 4 is 7.82 Å². The van der Waals surface area contributed by atoms with Crippen molar-refractivity contribution in [3.63, 3.8) is 0 Å². The van der Waals surface area contributed by atoms with Crippen LogP contribution in [-0.4, -0.2) is 19.8 Å². The average Bonchev–Trinajstić information content (AvgIpc) is 2.37. The molecule has 4 nitrogen and oxygen atoms in total. The molecule has 1 atom stereocenters. The van der Waals surface area contributed by atoms with Crippen LogP contribution < -0.4 is 0 Å². The first-order valence-corrected chi connectivity index (χ1v) is 8.57. The van der Waals surface area contributed by atoms with Gasteiger partial charge in [-0.15, -0.1) is 0 Å². The maximum atomic E-state index is 12.3. The first-order valence-electron chi connectivity index (χ1n) is 7.11. The van der Waals surface area contributed by atoms with Crippen LogP contribution in [0.15, 0.2) is 0 Å². The van der Waals surface area contributed by atoms with E-state index in [0.29, 0.717) is 25.7 Å². The molecule has 18 heavy (non-hydrogen) atoms. The van der Waals surface area contributed by atoms with E-state index in [2.05, 4.69) is 27.7 Å².